The van der Waals surface area contributed by atoms with Crippen LogP contribution >= 0.6 is 11.6 Å². The fraction of sp³-hybridized carbons (Fsp3) is 0.200. The molecule has 0 aliphatic carbocycles. The van der Waals surface area contributed by atoms with E-state index in [1.165, 1.54) is 6.21 Å². The summed E-state index contributed by atoms with van der Waals surface area (Å²) >= 11 is 5.76. The molecule has 0 aliphatic heterocycles. The maximum atomic E-state index is 12.5. The summed E-state index contributed by atoms with van der Waals surface area (Å²) in [5.41, 5.74) is 2.38. The fourth-order valence-corrected chi connectivity index (χ4v) is 1.87. The second-order valence-corrected chi connectivity index (χ2v) is 4.83. The minimum Gasteiger partial charge on any atom is -0.494 e. The molecule has 8 heteroatoms. The van der Waals surface area contributed by atoms with Gasteiger partial charge in [0.05, 0.1) is 23.4 Å². The summed E-state index contributed by atoms with van der Waals surface area (Å²) in [6.07, 6.45) is -2.30. The van der Waals surface area contributed by atoms with Crippen molar-refractivity contribution in [2.75, 3.05) is 12.0 Å². The number of hydrogen-bond acceptors (Lipinski definition) is 4. The highest BCUT2D eigenvalue weighted by Crippen LogP contribution is 2.32. The molecule has 0 saturated carbocycles. The van der Waals surface area contributed by atoms with Gasteiger partial charge in [0, 0.05) is 6.20 Å². The lowest BCUT2D eigenvalue weighted by Crippen LogP contribution is -2.06. The van der Waals surface area contributed by atoms with Crippen molar-refractivity contribution in [2.24, 2.45) is 5.10 Å². The summed E-state index contributed by atoms with van der Waals surface area (Å²) in [5, 5.41) is 3.73. The Kier molecular flexibility index (Phi) is 5.44. The van der Waals surface area contributed by atoms with Gasteiger partial charge in [0.25, 0.3) is 0 Å². The van der Waals surface area contributed by atoms with E-state index in [9.17, 15) is 13.2 Å². The van der Waals surface area contributed by atoms with Crippen molar-refractivity contribution in [3.05, 3.63) is 52.7 Å². The monoisotopic (exact) mass is 343 g/mol. The van der Waals surface area contributed by atoms with E-state index in [0.717, 1.165) is 17.4 Å². The first kappa shape index (κ1) is 17.1. The Morgan fingerprint density at radius 1 is 1.30 bits per heavy atom. The predicted molar refractivity (Wildman–Crippen MR) is 83.1 cm³/mol. The molecule has 23 heavy (non-hydrogen) atoms. The third-order valence-corrected chi connectivity index (χ3v) is 3.03. The lowest BCUT2D eigenvalue weighted by Gasteiger charge is -2.08. The number of aromatic nitrogens is 1. The number of anilines is 1. The molecule has 1 aromatic heterocycles. The van der Waals surface area contributed by atoms with E-state index in [1.54, 1.807) is 24.3 Å². The van der Waals surface area contributed by atoms with Crippen LogP contribution in [0.25, 0.3) is 0 Å². The average molecular weight is 344 g/mol. The highest BCUT2D eigenvalue weighted by atomic mass is 35.5. The zero-order valence-electron chi connectivity index (χ0n) is 12.1. The number of halogens is 4. The molecule has 1 heterocycles. The smallest absolute Gasteiger partial charge is 0.417 e. The number of hydrazone groups is 1. The number of nitrogens with zero attached hydrogens (tertiary/aromatic N) is 2. The Hall–Kier alpha value is -2.28. The molecular weight excluding hydrogens is 331 g/mol. The van der Waals surface area contributed by atoms with Gasteiger partial charge >= 0.3 is 6.18 Å². The molecule has 2 rings (SSSR count). The lowest BCUT2D eigenvalue weighted by molar-refractivity contribution is -0.137. The standard InChI is InChI=1S/C15H13ClF3N3O/c1-2-23-12-5-3-10(4-6-12)8-21-22-14-13(16)7-11(9-20-14)15(17,18)19/h3-9H,2H2,1H3,(H,20,22)/b21-8-. The zero-order valence-corrected chi connectivity index (χ0v) is 12.8. The Labute approximate surface area is 135 Å². The molecule has 0 atom stereocenters. The Bertz CT molecular complexity index is 687. The summed E-state index contributed by atoms with van der Waals surface area (Å²) in [7, 11) is 0. The van der Waals surface area contributed by atoms with E-state index in [4.69, 9.17) is 16.3 Å². The van der Waals surface area contributed by atoms with Crippen LogP contribution in [0.1, 0.15) is 18.1 Å². The highest BCUT2D eigenvalue weighted by Gasteiger charge is 2.31. The van der Waals surface area contributed by atoms with Crippen molar-refractivity contribution in [2.45, 2.75) is 13.1 Å². The van der Waals surface area contributed by atoms with Gasteiger partial charge in [0.1, 0.15) is 5.75 Å². The lowest BCUT2D eigenvalue weighted by atomic mass is 10.2. The van der Waals surface area contributed by atoms with Crippen LogP contribution in [0.3, 0.4) is 0 Å². The van der Waals surface area contributed by atoms with Crippen molar-refractivity contribution >= 4 is 23.6 Å². The van der Waals surface area contributed by atoms with Gasteiger partial charge in [-0.05, 0) is 42.8 Å². The van der Waals surface area contributed by atoms with Gasteiger partial charge in [0.2, 0.25) is 0 Å². The van der Waals surface area contributed by atoms with Crippen LogP contribution in [0, 0.1) is 0 Å². The summed E-state index contributed by atoms with van der Waals surface area (Å²) in [6.45, 7) is 2.47. The maximum Gasteiger partial charge on any atom is 0.417 e. The highest BCUT2D eigenvalue weighted by molar-refractivity contribution is 6.32. The summed E-state index contributed by atoms with van der Waals surface area (Å²) < 4.78 is 42.8. The molecule has 0 saturated heterocycles. The van der Waals surface area contributed by atoms with Gasteiger partial charge in [-0.2, -0.15) is 18.3 Å². The van der Waals surface area contributed by atoms with Crippen molar-refractivity contribution in [1.82, 2.24) is 4.98 Å². The molecule has 0 aliphatic rings. The van der Waals surface area contributed by atoms with Gasteiger partial charge in [-0.15, -0.1) is 0 Å². The number of benzene rings is 1. The molecule has 2 aromatic rings. The number of alkyl halides is 3. The topological polar surface area (TPSA) is 46.5 Å². The van der Waals surface area contributed by atoms with Gasteiger partial charge in [-0.3, -0.25) is 5.43 Å². The normalized spacial score (nSPS) is 11.7. The van der Waals surface area contributed by atoms with E-state index in [0.29, 0.717) is 12.8 Å². The molecule has 4 nitrogen and oxygen atoms in total. The Morgan fingerprint density at radius 3 is 2.57 bits per heavy atom. The SMILES string of the molecule is CCOc1ccc(/C=N\Nc2ncc(C(F)(F)F)cc2Cl)cc1. The van der Waals surface area contributed by atoms with Crippen molar-refractivity contribution in [3.63, 3.8) is 0 Å². The molecule has 0 radical (unpaired) electrons. The molecule has 0 amide bonds. The molecule has 122 valence electrons. The zero-order chi connectivity index (χ0) is 16.9. The second-order valence-electron chi connectivity index (χ2n) is 4.42. The average Bonchev–Trinajstić information content (AvgIpc) is 2.50. The first-order chi connectivity index (χ1) is 10.9. The molecule has 0 bridgehead atoms. The minimum absolute atomic E-state index is 0.0434. The number of hydrogen-bond donors (Lipinski definition) is 1. The molecule has 0 fully saturated rings. The summed E-state index contributed by atoms with van der Waals surface area (Å²) in [5.74, 6) is 0.784. The van der Waals surface area contributed by atoms with Crippen molar-refractivity contribution in [3.8, 4) is 5.75 Å². The first-order valence-electron chi connectivity index (χ1n) is 6.65. The molecule has 1 aromatic carbocycles. The fourth-order valence-electron chi connectivity index (χ4n) is 1.66. The number of pyridine rings is 1. The van der Waals surface area contributed by atoms with Crippen molar-refractivity contribution < 1.29 is 17.9 Å². The third-order valence-electron chi connectivity index (χ3n) is 2.74. The van der Waals surface area contributed by atoms with Crippen LogP contribution in [0.4, 0.5) is 19.0 Å². The maximum absolute atomic E-state index is 12.5. The van der Waals surface area contributed by atoms with Gasteiger partial charge in [-0.25, -0.2) is 4.98 Å². The quantitative estimate of drug-likeness (QED) is 0.637. The number of nitrogens with one attached hydrogen (secondary N) is 1. The summed E-state index contributed by atoms with van der Waals surface area (Å²) in [6, 6.07) is 7.95. The Balaban J connectivity index is 2.02. The van der Waals surface area contributed by atoms with Crippen LogP contribution in [-0.2, 0) is 6.18 Å². The van der Waals surface area contributed by atoms with Crippen LogP contribution in [0.15, 0.2) is 41.6 Å². The van der Waals surface area contributed by atoms with Gasteiger partial charge in [0.15, 0.2) is 5.82 Å². The van der Waals surface area contributed by atoms with Crippen LogP contribution in [0.2, 0.25) is 5.02 Å². The number of rotatable bonds is 5. The van der Waals surface area contributed by atoms with Crippen LogP contribution in [0.5, 0.6) is 5.75 Å². The molecular formula is C15H13ClF3N3O. The molecule has 0 spiro atoms. The third kappa shape index (κ3) is 4.85. The summed E-state index contributed by atoms with van der Waals surface area (Å²) in [4.78, 5) is 3.62. The van der Waals surface area contributed by atoms with Gasteiger partial charge in [-0.1, -0.05) is 11.6 Å². The van der Waals surface area contributed by atoms with E-state index in [1.807, 2.05) is 6.92 Å². The number of ether oxygens (including phenoxy) is 1. The van der Waals surface area contributed by atoms with E-state index >= 15 is 0 Å². The second kappa shape index (κ2) is 7.32. The van der Waals surface area contributed by atoms with Crippen LogP contribution in [-0.4, -0.2) is 17.8 Å². The van der Waals surface area contributed by atoms with Gasteiger partial charge < -0.3 is 4.74 Å². The molecule has 1 N–H and O–H groups in total. The Morgan fingerprint density at radius 2 is 2.00 bits per heavy atom. The van der Waals surface area contributed by atoms with E-state index in [2.05, 4.69) is 15.5 Å². The molecule has 0 unspecified atom stereocenters. The van der Waals surface area contributed by atoms with E-state index in [-0.39, 0.29) is 10.8 Å². The minimum atomic E-state index is -4.49. The van der Waals surface area contributed by atoms with Crippen molar-refractivity contribution in [1.29, 1.82) is 0 Å². The van der Waals surface area contributed by atoms with E-state index < -0.39 is 11.7 Å². The largest absolute Gasteiger partial charge is 0.494 e. The first-order valence-corrected chi connectivity index (χ1v) is 7.02. The predicted octanol–water partition coefficient (Wildman–Crippen LogP) is 4.60. The van der Waals surface area contributed by atoms with Crippen LogP contribution < -0.4 is 10.2 Å².